The molecule has 1 aromatic carbocycles. The van der Waals surface area contributed by atoms with E-state index in [9.17, 15) is 13.2 Å². The molecule has 32 heavy (non-hydrogen) atoms. The third-order valence-corrected chi connectivity index (χ3v) is 10.4. The monoisotopic (exact) mass is 486 g/mol. The Labute approximate surface area is 197 Å². The standard InChI is InChI=1S/C24H26N2O3S3/c1-17-4-6-19(7-5-17)32(28,29)25-12-8-18(9-13-25)24(27)26-14-10-21-20(11-16-31-21)23(26)22-3-2-15-30-22/h2-7,11,15-16,18,23H,8-10,12-14H2,1H3. The second-order valence-corrected chi connectivity index (χ2v) is 12.4. The van der Waals surface area contributed by atoms with E-state index in [-0.39, 0.29) is 17.9 Å². The molecule has 1 unspecified atom stereocenters. The average molecular weight is 487 g/mol. The zero-order valence-corrected chi connectivity index (χ0v) is 20.4. The maximum atomic E-state index is 13.6. The van der Waals surface area contributed by atoms with Crippen molar-refractivity contribution in [1.29, 1.82) is 0 Å². The Bertz CT molecular complexity index is 1190. The molecule has 0 spiro atoms. The lowest BCUT2D eigenvalue weighted by Crippen LogP contribution is -2.47. The van der Waals surface area contributed by atoms with E-state index in [4.69, 9.17) is 0 Å². The van der Waals surface area contributed by atoms with Crippen molar-refractivity contribution in [2.24, 2.45) is 5.92 Å². The van der Waals surface area contributed by atoms with Crippen LogP contribution in [0.15, 0.2) is 58.1 Å². The van der Waals surface area contributed by atoms with E-state index < -0.39 is 10.0 Å². The lowest BCUT2D eigenvalue weighted by molar-refractivity contribution is -0.138. The lowest BCUT2D eigenvalue weighted by atomic mass is 9.92. The highest BCUT2D eigenvalue weighted by molar-refractivity contribution is 7.89. The van der Waals surface area contributed by atoms with E-state index in [1.165, 1.54) is 19.6 Å². The second kappa shape index (κ2) is 8.74. The van der Waals surface area contributed by atoms with E-state index >= 15 is 0 Å². The molecule has 2 aliphatic heterocycles. The van der Waals surface area contributed by atoms with Crippen LogP contribution >= 0.6 is 22.7 Å². The molecule has 1 amide bonds. The van der Waals surface area contributed by atoms with Crippen LogP contribution in [0, 0.1) is 12.8 Å². The second-order valence-electron chi connectivity index (χ2n) is 8.49. The first-order valence-electron chi connectivity index (χ1n) is 10.9. The van der Waals surface area contributed by atoms with Gasteiger partial charge in [0.05, 0.1) is 10.9 Å². The van der Waals surface area contributed by atoms with Crippen LogP contribution < -0.4 is 0 Å². The number of sulfonamides is 1. The number of carbonyl (C=O) groups is 1. The van der Waals surface area contributed by atoms with Crippen molar-refractivity contribution in [1.82, 2.24) is 9.21 Å². The Hall–Kier alpha value is -2.00. The molecule has 0 bridgehead atoms. The highest BCUT2D eigenvalue weighted by Gasteiger charge is 2.39. The van der Waals surface area contributed by atoms with Gasteiger partial charge in [-0.05, 0) is 66.8 Å². The molecule has 3 aromatic rings. The number of rotatable bonds is 4. The molecule has 0 radical (unpaired) electrons. The molecule has 0 aliphatic carbocycles. The van der Waals surface area contributed by atoms with Crippen molar-refractivity contribution in [3.63, 3.8) is 0 Å². The average Bonchev–Trinajstić information content (AvgIpc) is 3.50. The summed E-state index contributed by atoms with van der Waals surface area (Å²) in [7, 11) is -3.52. The Balaban J connectivity index is 1.31. The molecule has 5 nitrogen and oxygen atoms in total. The molecular weight excluding hydrogens is 460 g/mol. The van der Waals surface area contributed by atoms with Crippen LogP contribution in [0.25, 0.3) is 0 Å². The number of aryl methyl sites for hydroxylation is 1. The molecule has 2 aliphatic rings. The van der Waals surface area contributed by atoms with Crippen molar-refractivity contribution in [3.05, 3.63) is 74.1 Å². The third kappa shape index (κ3) is 3.94. The molecule has 4 heterocycles. The summed E-state index contributed by atoms with van der Waals surface area (Å²) < 4.78 is 27.6. The van der Waals surface area contributed by atoms with Crippen LogP contribution in [0.1, 0.15) is 39.8 Å². The largest absolute Gasteiger partial charge is 0.330 e. The first-order chi connectivity index (χ1) is 15.4. The smallest absolute Gasteiger partial charge is 0.243 e. The molecule has 168 valence electrons. The number of carbonyl (C=O) groups excluding carboxylic acids is 1. The van der Waals surface area contributed by atoms with Crippen molar-refractivity contribution in [2.45, 2.75) is 37.1 Å². The SMILES string of the molecule is Cc1ccc(S(=O)(=O)N2CCC(C(=O)N3CCc4sccc4C3c3cccs3)CC2)cc1. The summed E-state index contributed by atoms with van der Waals surface area (Å²) in [6.45, 7) is 3.43. The molecule has 5 rings (SSSR count). The van der Waals surface area contributed by atoms with Gasteiger partial charge >= 0.3 is 0 Å². The van der Waals surface area contributed by atoms with Gasteiger partial charge in [-0.1, -0.05) is 23.8 Å². The third-order valence-electron chi connectivity index (χ3n) is 6.52. The van der Waals surface area contributed by atoms with Gasteiger partial charge in [-0.2, -0.15) is 4.31 Å². The van der Waals surface area contributed by atoms with E-state index in [0.717, 1.165) is 18.5 Å². The van der Waals surface area contributed by atoms with Gasteiger partial charge in [0.2, 0.25) is 15.9 Å². The fraction of sp³-hybridized carbons (Fsp3) is 0.375. The van der Waals surface area contributed by atoms with Crippen molar-refractivity contribution in [3.8, 4) is 0 Å². The molecule has 1 saturated heterocycles. The number of fused-ring (bicyclic) bond motifs is 1. The maximum Gasteiger partial charge on any atom is 0.243 e. The zero-order valence-electron chi connectivity index (χ0n) is 17.9. The summed E-state index contributed by atoms with van der Waals surface area (Å²) in [5.41, 5.74) is 2.28. The van der Waals surface area contributed by atoms with Gasteiger partial charge in [-0.3, -0.25) is 4.79 Å². The number of amides is 1. The van der Waals surface area contributed by atoms with Gasteiger partial charge in [-0.25, -0.2) is 8.42 Å². The number of benzene rings is 1. The minimum absolute atomic E-state index is 0.0215. The summed E-state index contributed by atoms with van der Waals surface area (Å²) in [5.74, 6) is 0.0229. The van der Waals surface area contributed by atoms with Crippen molar-refractivity contribution < 1.29 is 13.2 Å². The van der Waals surface area contributed by atoms with Crippen molar-refractivity contribution in [2.75, 3.05) is 19.6 Å². The molecule has 1 atom stereocenters. The first-order valence-corrected chi connectivity index (χ1v) is 14.1. The number of hydrogen-bond acceptors (Lipinski definition) is 5. The van der Waals surface area contributed by atoms with Gasteiger partial charge < -0.3 is 4.90 Å². The predicted molar refractivity (Wildman–Crippen MR) is 129 cm³/mol. The highest BCUT2D eigenvalue weighted by Crippen LogP contribution is 2.41. The predicted octanol–water partition coefficient (Wildman–Crippen LogP) is 4.69. The summed E-state index contributed by atoms with van der Waals surface area (Å²) in [4.78, 5) is 18.5. The molecule has 2 aromatic heterocycles. The highest BCUT2D eigenvalue weighted by atomic mass is 32.2. The van der Waals surface area contributed by atoms with Crippen LogP contribution in [0.5, 0.6) is 0 Å². The molecule has 0 saturated carbocycles. The van der Waals surface area contributed by atoms with Gasteiger partial charge in [0.1, 0.15) is 0 Å². The van der Waals surface area contributed by atoms with Gasteiger partial charge in [-0.15, -0.1) is 22.7 Å². The van der Waals surface area contributed by atoms with Crippen molar-refractivity contribution >= 4 is 38.6 Å². The Morgan fingerprint density at radius 1 is 0.969 bits per heavy atom. The summed E-state index contributed by atoms with van der Waals surface area (Å²) in [5, 5.41) is 4.18. The molecule has 8 heteroatoms. The quantitative estimate of drug-likeness (QED) is 0.537. The number of thiophene rings is 2. The minimum atomic E-state index is -3.52. The lowest BCUT2D eigenvalue weighted by Gasteiger charge is -2.39. The van der Waals surface area contributed by atoms with Crippen LogP contribution in [-0.2, 0) is 21.2 Å². The fourth-order valence-electron chi connectivity index (χ4n) is 4.74. The van der Waals surface area contributed by atoms with Crippen LogP contribution in [0.2, 0.25) is 0 Å². The topological polar surface area (TPSA) is 57.7 Å². The minimum Gasteiger partial charge on any atom is -0.330 e. The van der Waals surface area contributed by atoms with E-state index in [1.807, 2.05) is 30.0 Å². The Morgan fingerprint density at radius 2 is 1.72 bits per heavy atom. The summed E-state index contributed by atoms with van der Waals surface area (Å²) in [6, 6.07) is 13.3. The van der Waals surface area contributed by atoms with E-state index in [0.29, 0.717) is 30.8 Å². The molecule has 0 N–H and O–H groups in total. The summed E-state index contributed by atoms with van der Waals surface area (Å²) >= 11 is 3.46. The number of hydrogen-bond donors (Lipinski definition) is 0. The number of piperidine rings is 1. The van der Waals surface area contributed by atoms with Crippen LogP contribution in [0.3, 0.4) is 0 Å². The van der Waals surface area contributed by atoms with Gasteiger partial charge in [0.25, 0.3) is 0 Å². The van der Waals surface area contributed by atoms with Gasteiger partial charge in [0, 0.05) is 35.3 Å². The molecule has 1 fully saturated rings. The zero-order chi connectivity index (χ0) is 22.3. The normalized spacial score (nSPS) is 20.3. The molecular formula is C24H26N2O3S3. The fourth-order valence-corrected chi connectivity index (χ4v) is 7.97. The Kier molecular flexibility index (Phi) is 5.96. The Morgan fingerprint density at radius 3 is 2.41 bits per heavy atom. The first kappa shape index (κ1) is 21.8. The number of nitrogens with zero attached hydrogens (tertiary/aromatic N) is 2. The van der Waals surface area contributed by atoms with Crippen LogP contribution in [-0.4, -0.2) is 43.2 Å². The van der Waals surface area contributed by atoms with Gasteiger partial charge in [0.15, 0.2) is 0 Å². The maximum absolute atomic E-state index is 13.6. The summed E-state index contributed by atoms with van der Waals surface area (Å²) in [6.07, 6.45) is 2.02. The van der Waals surface area contributed by atoms with E-state index in [2.05, 4.69) is 22.9 Å². The van der Waals surface area contributed by atoms with Crippen LogP contribution in [0.4, 0.5) is 0 Å². The van der Waals surface area contributed by atoms with E-state index in [1.54, 1.807) is 34.8 Å².